The Morgan fingerprint density at radius 2 is 1.23 bits per heavy atom. The van der Waals surface area contributed by atoms with Crippen LogP contribution in [0, 0.1) is 11.8 Å². The maximum atomic E-state index is 14.0. The summed E-state index contributed by atoms with van der Waals surface area (Å²) in [5.74, 6) is -0.224. The van der Waals surface area contributed by atoms with Crippen molar-refractivity contribution < 1.29 is 24.3 Å². The third-order valence-corrected chi connectivity index (χ3v) is 10.7. The van der Waals surface area contributed by atoms with Gasteiger partial charge in [0, 0.05) is 62.7 Å². The Morgan fingerprint density at radius 3 is 1.84 bits per heavy atom. The number of hydrogen-bond donors (Lipinski definition) is 1. The zero-order chi connectivity index (χ0) is 31.0. The lowest BCUT2D eigenvalue weighted by atomic mass is 9.80. The van der Waals surface area contributed by atoms with Gasteiger partial charge in [0.1, 0.15) is 5.75 Å². The van der Waals surface area contributed by atoms with Crippen molar-refractivity contribution in [1.82, 2.24) is 4.90 Å². The van der Waals surface area contributed by atoms with Gasteiger partial charge in [0.15, 0.2) is 11.6 Å². The van der Waals surface area contributed by atoms with E-state index in [0.29, 0.717) is 87.2 Å². The summed E-state index contributed by atoms with van der Waals surface area (Å²) in [5.41, 5.74) is 1.86. The van der Waals surface area contributed by atoms with Crippen LogP contribution in [0.5, 0.6) is 5.75 Å². The molecule has 2 aliphatic rings. The molecule has 7 rings (SSSR count). The maximum Gasteiger partial charge on any atom is 0.261 e. The van der Waals surface area contributed by atoms with E-state index in [9.17, 15) is 24.3 Å². The maximum absolute atomic E-state index is 14.0. The molecule has 224 valence electrons. The van der Waals surface area contributed by atoms with Crippen LogP contribution in [0.2, 0.25) is 0 Å². The zero-order valence-electron chi connectivity index (χ0n) is 25.8. The third-order valence-electron chi connectivity index (χ3n) is 10.7. The molecule has 5 aromatic carbocycles. The molecule has 44 heavy (non-hydrogen) atoms. The monoisotopic (exact) mass is 587 g/mol. The van der Waals surface area contributed by atoms with Crippen LogP contribution in [0.15, 0.2) is 42.5 Å². The van der Waals surface area contributed by atoms with Crippen molar-refractivity contribution in [3.63, 3.8) is 0 Å². The largest absolute Gasteiger partial charge is 0.507 e. The number of Topliss-reactive ketones (excluding diaryl/α,β-unsaturated/α-hetero) is 2. The number of phenolic OH excluding ortho intramolecular Hbond substituents is 1. The van der Waals surface area contributed by atoms with Gasteiger partial charge < -0.3 is 5.11 Å². The molecule has 0 aromatic heterocycles. The number of nitrogens with zero attached hydrogens (tertiary/aromatic N) is 1. The number of ketones is 2. The van der Waals surface area contributed by atoms with Gasteiger partial charge in [-0.1, -0.05) is 64.8 Å². The SMILES string of the molecule is CCC(CC)C1CCC(=O)c2ccc3c4ccc5c6c(ccc(c7c(O)cc(c2c37)C(=O)C1)c64)C(=O)N(C(CC)CC)C5=O. The predicted octanol–water partition coefficient (Wildman–Crippen LogP) is 8.83. The first-order chi connectivity index (χ1) is 21.2. The van der Waals surface area contributed by atoms with E-state index >= 15 is 0 Å². The Morgan fingerprint density at radius 1 is 0.659 bits per heavy atom. The van der Waals surface area contributed by atoms with Crippen molar-refractivity contribution in [3.8, 4) is 5.75 Å². The van der Waals surface area contributed by atoms with Crippen molar-refractivity contribution in [3.05, 3.63) is 64.7 Å². The third kappa shape index (κ3) is 3.79. The van der Waals surface area contributed by atoms with Gasteiger partial charge in [-0.2, -0.15) is 0 Å². The zero-order valence-corrected chi connectivity index (χ0v) is 25.8. The van der Waals surface area contributed by atoms with E-state index in [1.165, 1.54) is 4.90 Å². The van der Waals surface area contributed by atoms with Gasteiger partial charge in [-0.3, -0.25) is 24.1 Å². The van der Waals surface area contributed by atoms with Crippen molar-refractivity contribution in [1.29, 1.82) is 0 Å². The summed E-state index contributed by atoms with van der Waals surface area (Å²) in [6.07, 6.45) is 4.62. The van der Waals surface area contributed by atoms with E-state index in [1.807, 2.05) is 38.1 Å². The van der Waals surface area contributed by atoms with E-state index in [0.717, 1.165) is 29.0 Å². The molecular weight excluding hydrogens is 550 g/mol. The van der Waals surface area contributed by atoms with Crippen molar-refractivity contribution in [2.24, 2.45) is 11.8 Å². The van der Waals surface area contributed by atoms with Gasteiger partial charge in [-0.05, 0) is 70.8 Å². The molecule has 1 aliphatic heterocycles. The smallest absolute Gasteiger partial charge is 0.261 e. The minimum atomic E-state index is -0.299. The van der Waals surface area contributed by atoms with E-state index in [-0.39, 0.29) is 41.1 Å². The molecule has 2 amide bonds. The standard InChI is InChI=1S/C38H37NO5/c1-5-19(6-2)20-9-16-29(40)24-12-10-23-22-11-14-26-34-27(38(44)39(37(26)43)21(7-3)8-4)15-13-25(32(22)34)35-31(42)18-28(30(41)17-20)33(24)36(23)35/h10-15,18-21,42H,5-9,16-17H2,1-4H3. The highest BCUT2D eigenvalue weighted by Crippen LogP contribution is 2.49. The first-order valence-corrected chi connectivity index (χ1v) is 16.1. The first-order valence-electron chi connectivity index (χ1n) is 16.1. The lowest BCUT2D eigenvalue weighted by Gasteiger charge is -2.33. The average molecular weight is 588 g/mol. The fourth-order valence-corrected chi connectivity index (χ4v) is 8.38. The highest BCUT2D eigenvalue weighted by atomic mass is 16.3. The number of amides is 2. The summed E-state index contributed by atoms with van der Waals surface area (Å²) in [4.78, 5) is 56.8. The lowest BCUT2D eigenvalue weighted by molar-refractivity contribution is 0.0529. The number of aromatic hydroxyl groups is 1. The second-order valence-corrected chi connectivity index (χ2v) is 12.7. The van der Waals surface area contributed by atoms with Crippen LogP contribution < -0.4 is 0 Å². The second-order valence-electron chi connectivity index (χ2n) is 12.7. The normalized spacial score (nSPS) is 17.6. The Bertz CT molecular complexity index is 2030. The second kappa shape index (κ2) is 10.4. The molecule has 1 atom stereocenters. The number of rotatable bonds is 6. The summed E-state index contributed by atoms with van der Waals surface area (Å²) < 4.78 is 0. The summed E-state index contributed by atoms with van der Waals surface area (Å²) >= 11 is 0. The first kappa shape index (κ1) is 28.5. The molecular formula is C38H37NO5. The van der Waals surface area contributed by atoms with Crippen LogP contribution in [0.25, 0.3) is 43.1 Å². The summed E-state index contributed by atoms with van der Waals surface area (Å²) in [7, 11) is 0. The predicted molar refractivity (Wildman–Crippen MR) is 174 cm³/mol. The molecule has 6 nitrogen and oxygen atoms in total. The summed E-state index contributed by atoms with van der Waals surface area (Å²) in [6.45, 7) is 8.24. The molecule has 6 heteroatoms. The van der Waals surface area contributed by atoms with Gasteiger partial charge in [0.25, 0.3) is 11.8 Å². The Hall–Kier alpha value is -4.32. The van der Waals surface area contributed by atoms with E-state index in [2.05, 4.69) is 13.8 Å². The van der Waals surface area contributed by atoms with Crippen LogP contribution in [-0.4, -0.2) is 39.4 Å². The fourth-order valence-electron chi connectivity index (χ4n) is 8.38. The number of fused-ring (bicyclic) bond motifs is 2. The molecule has 0 spiro atoms. The Balaban J connectivity index is 1.56. The summed E-state index contributed by atoms with van der Waals surface area (Å²) in [5, 5.41) is 17.1. The fraction of sp³-hybridized carbons (Fsp3) is 0.368. The van der Waals surface area contributed by atoms with Crippen molar-refractivity contribution in [2.45, 2.75) is 78.7 Å². The Labute approximate surface area is 256 Å². The van der Waals surface area contributed by atoms with Crippen LogP contribution in [0.3, 0.4) is 0 Å². The highest BCUT2D eigenvalue weighted by molar-refractivity contribution is 6.41. The Kier molecular flexibility index (Phi) is 6.72. The molecule has 1 heterocycles. The van der Waals surface area contributed by atoms with Gasteiger partial charge in [-0.25, -0.2) is 0 Å². The van der Waals surface area contributed by atoms with E-state index in [4.69, 9.17) is 0 Å². The molecule has 1 N–H and O–H groups in total. The highest BCUT2D eigenvalue weighted by Gasteiger charge is 2.38. The van der Waals surface area contributed by atoms with E-state index < -0.39 is 0 Å². The quantitative estimate of drug-likeness (QED) is 0.122. The molecule has 0 radical (unpaired) electrons. The van der Waals surface area contributed by atoms with Gasteiger partial charge >= 0.3 is 0 Å². The molecule has 5 aromatic rings. The molecule has 1 unspecified atom stereocenters. The van der Waals surface area contributed by atoms with E-state index in [1.54, 1.807) is 18.2 Å². The summed E-state index contributed by atoms with van der Waals surface area (Å²) in [6, 6.07) is 12.4. The number of imide groups is 1. The molecule has 0 bridgehead atoms. The molecule has 0 fully saturated rings. The molecule has 1 aliphatic carbocycles. The van der Waals surface area contributed by atoms with Crippen LogP contribution in [0.1, 0.15) is 114 Å². The van der Waals surface area contributed by atoms with Crippen molar-refractivity contribution in [2.75, 3.05) is 0 Å². The lowest BCUT2D eigenvalue weighted by Crippen LogP contribution is -2.46. The van der Waals surface area contributed by atoms with Crippen LogP contribution >= 0.6 is 0 Å². The van der Waals surface area contributed by atoms with Crippen molar-refractivity contribution >= 4 is 66.5 Å². The molecule has 0 saturated heterocycles. The number of benzene rings is 5. The van der Waals surface area contributed by atoms with Crippen LogP contribution in [-0.2, 0) is 0 Å². The van der Waals surface area contributed by atoms with Gasteiger partial charge in [0.2, 0.25) is 0 Å². The minimum absolute atomic E-state index is 0.00817. The topological polar surface area (TPSA) is 91.8 Å². The van der Waals surface area contributed by atoms with Crippen LogP contribution in [0.4, 0.5) is 0 Å². The number of hydrogen-bond acceptors (Lipinski definition) is 5. The van der Waals surface area contributed by atoms with Gasteiger partial charge in [0.05, 0.1) is 0 Å². The number of carbonyl (C=O) groups excluding carboxylic acids is 4. The number of phenols is 1. The average Bonchev–Trinajstić information content (AvgIpc) is 3.07. The molecule has 0 saturated carbocycles. The minimum Gasteiger partial charge on any atom is -0.507 e. The van der Waals surface area contributed by atoms with Gasteiger partial charge in [-0.15, -0.1) is 0 Å². The number of carbonyl (C=O) groups is 4.